The molecule has 0 bridgehead atoms. The Morgan fingerprint density at radius 1 is 1.17 bits per heavy atom. The summed E-state index contributed by atoms with van der Waals surface area (Å²) in [5.41, 5.74) is 1.89. The van der Waals surface area contributed by atoms with Gasteiger partial charge in [-0.3, -0.25) is 0 Å². The summed E-state index contributed by atoms with van der Waals surface area (Å²) in [5, 5.41) is 3.68. The molecule has 0 atom stereocenters. The van der Waals surface area contributed by atoms with Crippen LogP contribution in [-0.2, 0) is 0 Å². The Morgan fingerprint density at radius 3 is 2.17 bits per heavy atom. The largest absolute Gasteiger partial charge is 0.378 e. The van der Waals surface area contributed by atoms with Crippen LogP contribution in [0.4, 0.5) is 11.4 Å². The van der Waals surface area contributed by atoms with Crippen molar-refractivity contribution in [2.75, 3.05) is 19.0 Å². The van der Waals surface area contributed by atoms with E-state index in [1.54, 1.807) is 0 Å². The van der Waals surface area contributed by atoms with E-state index < -0.39 is 0 Å². The molecule has 0 aromatic heterocycles. The zero-order valence-corrected chi connectivity index (χ0v) is 7.78. The minimum atomic E-state index is 0.760. The van der Waals surface area contributed by atoms with E-state index in [1.165, 1.54) is 0 Å². The van der Waals surface area contributed by atoms with E-state index in [-0.39, 0.29) is 0 Å². The van der Waals surface area contributed by atoms with Gasteiger partial charge in [0.25, 0.3) is 0 Å². The molecule has 0 amide bonds. The zero-order chi connectivity index (χ0) is 8.97. The summed E-state index contributed by atoms with van der Waals surface area (Å²) in [5.74, 6) is 0. The monoisotopic (exact) mass is 183 g/mol. The van der Waals surface area contributed by atoms with E-state index in [1.807, 2.05) is 43.3 Å². The number of hydrogen-bond donors (Lipinski definition) is 0. The molecule has 1 aromatic carbocycles. The summed E-state index contributed by atoms with van der Waals surface area (Å²) in [7, 11) is 3.97. The van der Waals surface area contributed by atoms with Crippen LogP contribution in [0.15, 0.2) is 34.0 Å². The molecule has 3 nitrogen and oxygen atoms in total. The third-order valence-electron chi connectivity index (χ3n) is 1.52. The molecule has 4 heteroatoms. The molecule has 0 fully saturated rings. The summed E-state index contributed by atoms with van der Waals surface area (Å²) in [4.78, 5) is 2.02. The summed E-state index contributed by atoms with van der Waals surface area (Å²) in [6.45, 7) is 0. The Labute approximate surface area is 76.8 Å². The van der Waals surface area contributed by atoms with E-state index >= 15 is 0 Å². The Hall–Kier alpha value is -1.09. The van der Waals surface area contributed by atoms with Crippen LogP contribution in [0.3, 0.4) is 0 Å². The number of halogens is 1. The second-order valence-corrected chi connectivity index (χ2v) is 2.74. The highest BCUT2D eigenvalue weighted by molar-refractivity contribution is 6.14. The molecule has 0 heterocycles. The maximum absolute atomic E-state index is 5.09. The van der Waals surface area contributed by atoms with Gasteiger partial charge in [-0.25, -0.2) is 0 Å². The van der Waals surface area contributed by atoms with Crippen LogP contribution in [0, 0.1) is 0 Å². The molecule has 0 aliphatic rings. The van der Waals surface area contributed by atoms with Gasteiger partial charge in [0.1, 0.15) is 0 Å². The topological polar surface area (TPSA) is 28.0 Å². The predicted molar refractivity (Wildman–Crippen MR) is 51.1 cm³/mol. The highest BCUT2D eigenvalue weighted by Crippen LogP contribution is 2.18. The van der Waals surface area contributed by atoms with Crippen molar-refractivity contribution in [1.29, 1.82) is 0 Å². The van der Waals surface area contributed by atoms with Gasteiger partial charge in [-0.05, 0) is 24.3 Å². The lowest BCUT2D eigenvalue weighted by Gasteiger charge is -2.11. The highest BCUT2D eigenvalue weighted by Gasteiger charge is 1.93. The van der Waals surface area contributed by atoms with Gasteiger partial charge in [0.15, 0.2) is 0 Å². The molecule has 0 radical (unpaired) electrons. The van der Waals surface area contributed by atoms with Crippen LogP contribution in [0.25, 0.3) is 0 Å². The molecule has 0 saturated carbocycles. The zero-order valence-electron chi connectivity index (χ0n) is 7.03. The highest BCUT2D eigenvalue weighted by atomic mass is 35.5. The summed E-state index contributed by atoms with van der Waals surface area (Å²) < 4.78 is 3.16. The van der Waals surface area contributed by atoms with E-state index in [2.05, 4.69) is 9.75 Å². The van der Waals surface area contributed by atoms with Crippen LogP contribution < -0.4 is 4.90 Å². The first-order valence-corrected chi connectivity index (χ1v) is 3.87. The number of anilines is 1. The Balaban J connectivity index is 2.85. The van der Waals surface area contributed by atoms with E-state index in [9.17, 15) is 0 Å². The number of nitrogens with zero attached hydrogens (tertiary/aromatic N) is 3. The fourth-order valence-electron chi connectivity index (χ4n) is 0.861. The van der Waals surface area contributed by atoms with Gasteiger partial charge >= 0.3 is 0 Å². The lowest BCUT2D eigenvalue weighted by molar-refractivity contribution is 1.13. The van der Waals surface area contributed by atoms with Crippen LogP contribution in [0.2, 0.25) is 0 Å². The van der Waals surface area contributed by atoms with Gasteiger partial charge in [0.05, 0.1) is 17.5 Å². The van der Waals surface area contributed by atoms with Gasteiger partial charge in [-0.2, -0.15) is 0 Å². The van der Waals surface area contributed by atoms with Crippen molar-refractivity contribution in [3.8, 4) is 0 Å². The van der Waals surface area contributed by atoms with Crippen molar-refractivity contribution in [2.45, 2.75) is 0 Å². The number of benzene rings is 1. The quantitative estimate of drug-likeness (QED) is 0.648. The Kier molecular flexibility index (Phi) is 3.05. The second kappa shape index (κ2) is 4.07. The van der Waals surface area contributed by atoms with Crippen molar-refractivity contribution in [2.24, 2.45) is 9.75 Å². The van der Waals surface area contributed by atoms with Crippen LogP contribution in [0.5, 0.6) is 0 Å². The van der Waals surface area contributed by atoms with Crippen molar-refractivity contribution in [1.82, 2.24) is 0 Å². The van der Waals surface area contributed by atoms with Crippen LogP contribution in [-0.4, -0.2) is 14.1 Å². The second-order valence-electron chi connectivity index (χ2n) is 2.59. The summed E-state index contributed by atoms with van der Waals surface area (Å²) >= 11 is 5.09. The molecular weight excluding hydrogens is 174 g/mol. The van der Waals surface area contributed by atoms with E-state index in [4.69, 9.17) is 11.8 Å². The molecule has 0 unspecified atom stereocenters. The van der Waals surface area contributed by atoms with Crippen molar-refractivity contribution in [3.05, 3.63) is 24.3 Å². The molecule has 1 rings (SSSR count). The number of hydrogen-bond acceptors (Lipinski definition) is 3. The Bertz CT molecular complexity index is 266. The molecule has 0 aliphatic heterocycles. The van der Waals surface area contributed by atoms with Gasteiger partial charge < -0.3 is 4.90 Å². The first-order valence-electron chi connectivity index (χ1n) is 3.53. The smallest absolute Gasteiger partial charge is 0.0869 e. The molecule has 0 aliphatic carbocycles. The number of rotatable bonds is 2. The SMILES string of the molecule is CN(C)c1ccc(/N=N\Cl)cc1. The normalized spacial score (nSPS) is 10.6. The van der Waals surface area contributed by atoms with Gasteiger partial charge in [-0.1, -0.05) is 4.63 Å². The lowest BCUT2D eigenvalue weighted by Crippen LogP contribution is -2.07. The summed E-state index contributed by atoms with van der Waals surface area (Å²) in [6.07, 6.45) is 0. The minimum Gasteiger partial charge on any atom is -0.378 e. The average Bonchev–Trinajstić information content (AvgIpc) is 2.06. The molecule has 0 saturated heterocycles. The molecular formula is C8H10ClN3. The third kappa shape index (κ3) is 2.20. The maximum Gasteiger partial charge on any atom is 0.0869 e. The van der Waals surface area contributed by atoms with Crippen LogP contribution >= 0.6 is 11.8 Å². The van der Waals surface area contributed by atoms with E-state index in [0.29, 0.717) is 0 Å². The third-order valence-corrected chi connectivity index (χ3v) is 1.59. The molecule has 64 valence electrons. The maximum atomic E-state index is 5.09. The molecule has 12 heavy (non-hydrogen) atoms. The Morgan fingerprint density at radius 2 is 1.75 bits per heavy atom. The van der Waals surface area contributed by atoms with Gasteiger partial charge in [0.2, 0.25) is 0 Å². The van der Waals surface area contributed by atoms with Gasteiger partial charge in [0, 0.05) is 19.8 Å². The first kappa shape index (κ1) is 9.00. The van der Waals surface area contributed by atoms with Gasteiger partial charge in [-0.15, -0.1) is 5.11 Å². The minimum absolute atomic E-state index is 0.760. The molecule has 1 aromatic rings. The molecule has 0 N–H and O–H groups in total. The summed E-state index contributed by atoms with van der Waals surface area (Å²) in [6, 6.07) is 7.64. The molecule has 0 spiro atoms. The fraction of sp³-hybridized carbons (Fsp3) is 0.250. The fourth-order valence-corrected chi connectivity index (χ4v) is 0.948. The van der Waals surface area contributed by atoms with Crippen molar-refractivity contribution >= 4 is 23.2 Å². The first-order chi connectivity index (χ1) is 5.74. The van der Waals surface area contributed by atoms with Crippen LogP contribution in [0.1, 0.15) is 0 Å². The lowest BCUT2D eigenvalue weighted by atomic mass is 10.3. The van der Waals surface area contributed by atoms with E-state index in [0.717, 1.165) is 11.4 Å². The predicted octanol–water partition coefficient (Wildman–Crippen LogP) is 2.99. The van der Waals surface area contributed by atoms with Crippen molar-refractivity contribution in [3.63, 3.8) is 0 Å². The average molecular weight is 184 g/mol. The van der Waals surface area contributed by atoms with Crippen molar-refractivity contribution < 1.29 is 0 Å². The standard InChI is InChI=1S/C8H10ClN3/c1-12(2)8-5-3-7(4-6-8)10-11-9/h3-6H,1-2H3/b11-10-.